The summed E-state index contributed by atoms with van der Waals surface area (Å²) in [6.45, 7) is 10.2. The first-order valence-corrected chi connectivity index (χ1v) is 7.24. The van der Waals surface area contributed by atoms with E-state index in [0.29, 0.717) is 6.04 Å². The van der Waals surface area contributed by atoms with E-state index in [4.69, 9.17) is 0 Å². The van der Waals surface area contributed by atoms with Gasteiger partial charge in [0.2, 0.25) is 0 Å². The maximum absolute atomic E-state index is 3.67. The van der Waals surface area contributed by atoms with Crippen molar-refractivity contribution in [3.05, 3.63) is 29.8 Å². The molecule has 1 fully saturated rings. The summed E-state index contributed by atoms with van der Waals surface area (Å²) in [5.74, 6) is 0.773. The molecule has 2 nitrogen and oxygen atoms in total. The highest BCUT2D eigenvalue weighted by molar-refractivity contribution is 5.48. The molecule has 2 atom stereocenters. The highest BCUT2D eigenvalue weighted by Gasteiger charge is 2.24. The maximum Gasteiger partial charge on any atom is 0.0367 e. The smallest absolute Gasteiger partial charge is 0.0367 e. The Hall–Kier alpha value is -1.02. The van der Waals surface area contributed by atoms with E-state index in [1.165, 1.54) is 30.6 Å². The zero-order valence-electron chi connectivity index (χ0n) is 11.9. The van der Waals surface area contributed by atoms with Crippen molar-refractivity contribution in [2.75, 3.05) is 24.5 Å². The quantitative estimate of drug-likeness (QED) is 0.877. The molecule has 0 spiro atoms. The average Bonchev–Trinajstić information content (AvgIpc) is 2.36. The number of nitrogens with zero attached hydrogens (tertiary/aromatic N) is 1. The first kappa shape index (κ1) is 13.4. The van der Waals surface area contributed by atoms with Crippen LogP contribution in [0.25, 0.3) is 0 Å². The summed E-state index contributed by atoms with van der Waals surface area (Å²) in [6, 6.07) is 9.58. The van der Waals surface area contributed by atoms with Crippen molar-refractivity contribution in [3.8, 4) is 0 Å². The van der Waals surface area contributed by atoms with Crippen molar-refractivity contribution in [1.29, 1.82) is 0 Å². The Morgan fingerprint density at radius 1 is 1.22 bits per heavy atom. The molecule has 0 aromatic heterocycles. The predicted molar refractivity (Wildman–Crippen MR) is 79.3 cm³/mol. The number of hydrogen-bond acceptors (Lipinski definition) is 2. The van der Waals surface area contributed by atoms with E-state index >= 15 is 0 Å². The standard InChI is InChI=1S/C16H26N2/c1-4-9-17-15-10-14(3)11-18(12-15)16-7-5-13(2)6-8-16/h5-8,14-15,17H,4,9-12H2,1-3H3. The van der Waals surface area contributed by atoms with Gasteiger partial charge in [0.1, 0.15) is 0 Å². The van der Waals surface area contributed by atoms with E-state index in [9.17, 15) is 0 Å². The fourth-order valence-electron chi connectivity index (χ4n) is 2.81. The van der Waals surface area contributed by atoms with Crippen molar-refractivity contribution in [2.45, 2.75) is 39.7 Å². The second-order valence-corrected chi connectivity index (χ2v) is 5.73. The van der Waals surface area contributed by atoms with Crippen molar-refractivity contribution in [2.24, 2.45) is 5.92 Å². The molecule has 18 heavy (non-hydrogen) atoms. The van der Waals surface area contributed by atoms with Crippen LogP contribution in [0.1, 0.15) is 32.3 Å². The maximum atomic E-state index is 3.67. The number of rotatable bonds is 4. The highest BCUT2D eigenvalue weighted by atomic mass is 15.2. The van der Waals surface area contributed by atoms with Crippen LogP contribution in [0.5, 0.6) is 0 Å². The number of anilines is 1. The molecule has 0 aliphatic carbocycles. The molecule has 0 saturated carbocycles. The van der Waals surface area contributed by atoms with Gasteiger partial charge in [0, 0.05) is 24.8 Å². The van der Waals surface area contributed by atoms with Gasteiger partial charge < -0.3 is 10.2 Å². The molecule has 1 saturated heterocycles. The molecule has 1 aliphatic rings. The summed E-state index contributed by atoms with van der Waals surface area (Å²) in [6.07, 6.45) is 2.53. The Balaban J connectivity index is 2.01. The lowest BCUT2D eigenvalue weighted by molar-refractivity contribution is 0.351. The summed E-state index contributed by atoms with van der Waals surface area (Å²) < 4.78 is 0. The molecule has 1 heterocycles. The molecule has 2 rings (SSSR count). The summed E-state index contributed by atoms with van der Waals surface area (Å²) in [5.41, 5.74) is 2.71. The Morgan fingerprint density at radius 3 is 2.61 bits per heavy atom. The van der Waals surface area contributed by atoms with Gasteiger partial charge in [-0.2, -0.15) is 0 Å². The normalized spacial score (nSPS) is 24.3. The Kier molecular flexibility index (Phi) is 4.65. The SMILES string of the molecule is CCCNC1CC(C)CN(c2ccc(C)cc2)C1. The number of benzene rings is 1. The van der Waals surface area contributed by atoms with Gasteiger partial charge in [-0.1, -0.05) is 31.5 Å². The van der Waals surface area contributed by atoms with Gasteiger partial charge in [-0.05, 0) is 44.4 Å². The van der Waals surface area contributed by atoms with Gasteiger partial charge in [-0.15, -0.1) is 0 Å². The molecule has 100 valence electrons. The lowest BCUT2D eigenvalue weighted by Crippen LogP contribution is -2.49. The molecule has 1 aromatic rings. The first-order valence-electron chi connectivity index (χ1n) is 7.24. The Bertz CT molecular complexity index is 358. The van der Waals surface area contributed by atoms with Crippen molar-refractivity contribution < 1.29 is 0 Å². The monoisotopic (exact) mass is 246 g/mol. The number of aryl methyl sites for hydroxylation is 1. The average molecular weight is 246 g/mol. The Morgan fingerprint density at radius 2 is 1.94 bits per heavy atom. The van der Waals surface area contributed by atoms with Crippen LogP contribution in [0.2, 0.25) is 0 Å². The van der Waals surface area contributed by atoms with Gasteiger partial charge in [0.05, 0.1) is 0 Å². The van der Waals surface area contributed by atoms with Crippen LogP contribution in [0.3, 0.4) is 0 Å². The van der Waals surface area contributed by atoms with E-state index in [0.717, 1.165) is 19.0 Å². The van der Waals surface area contributed by atoms with Crippen molar-refractivity contribution >= 4 is 5.69 Å². The number of hydrogen-bond donors (Lipinski definition) is 1. The van der Waals surface area contributed by atoms with Gasteiger partial charge >= 0.3 is 0 Å². The molecule has 1 aromatic carbocycles. The molecule has 0 radical (unpaired) electrons. The van der Waals surface area contributed by atoms with Crippen molar-refractivity contribution in [3.63, 3.8) is 0 Å². The summed E-state index contributed by atoms with van der Waals surface area (Å²) in [5, 5.41) is 3.67. The lowest BCUT2D eigenvalue weighted by atomic mass is 9.95. The minimum Gasteiger partial charge on any atom is -0.370 e. The first-order chi connectivity index (χ1) is 8.69. The fourth-order valence-corrected chi connectivity index (χ4v) is 2.81. The van der Waals surface area contributed by atoms with Crippen LogP contribution < -0.4 is 10.2 Å². The lowest BCUT2D eigenvalue weighted by Gasteiger charge is -2.38. The van der Waals surface area contributed by atoms with E-state index in [-0.39, 0.29) is 0 Å². The summed E-state index contributed by atoms with van der Waals surface area (Å²) in [4.78, 5) is 2.53. The molecular weight excluding hydrogens is 220 g/mol. The topological polar surface area (TPSA) is 15.3 Å². The molecule has 0 amide bonds. The third-order valence-electron chi connectivity index (χ3n) is 3.74. The van der Waals surface area contributed by atoms with Crippen LogP contribution in [0.4, 0.5) is 5.69 Å². The summed E-state index contributed by atoms with van der Waals surface area (Å²) in [7, 11) is 0. The molecule has 2 unspecified atom stereocenters. The third kappa shape index (κ3) is 3.49. The zero-order valence-corrected chi connectivity index (χ0v) is 11.9. The van der Waals surface area contributed by atoms with Gasteiger partial charge in [0.15, 0.2) is 0 Å². The number of piperidine rings is 1. The second-order valence-electron chi connectivity index (χ2n) is 5.73. The molecule has 0 bridgehead atoms. The van der Waals surface area contributed by atoms with Gasteiger partial charge in [-0.25, -0.2) is 0 Å². The van der Waals surface area contributed by atoms with E-state index in [1.807, 2.05) is 0 Å². The van der Waals surface area contributed by atoms with Crippen LogP contribution in [0, 0.1) is 12.8 Å². The second kappa shape index (κ2) is 6.24. The van der Waals surface area contributed by atoms with E-state index in [2.05, 4.69) is 55.3 Å². The Labute approximate surface area is 111 Å². The van der Waals surface area contributed by atoms with Gasteiger partial charge in [-0.3, -0.25) is 0 Å². The van der Waals surface area contributed by atoms with Gasteiger partial charge in [0.25, 0.3) is 0 Å². The summed E-state index contributed by atoms with van der Waals surface area (Å²) >= 11 is 0. The minimum absolute atomic E-state index is 0.648. The molecule has 1 aliphatic heterocycles. The minimum atomic E-state index is 0.648. The largest absolute Gasteiger partial charge is 0.370 e. The van der Waals surface area contributed by atoms with Crippen LogP contribution in [0.15, 0.2) is 24.3 Å². The van der Waals surface area contributed by atoms with Crippen LogP contribution >= 0.6 is 0 Å². The van der Waals surface area contributed by atoms with E-state index in [1.54, 1.807) is 0 Å². The molecule has 2 heteroatoms. The third-order valence-corrected chi connectivity index (χ3v) is 3.74. The van der Waals surface area contributed by atoms with Crippen molar-refractivity contribution in [1.82, 2.24) is 5.32 Å². The van der Waals surface area contributed by atoms with E-state index < -0.39 is 0 Å². The molecule has 1 N–H and O–H groups in total. The van der Waals surface area contributed by atoms with Crippen LogP contribution in [-0.2, 0) is 0 Å². The predicted octanol–water partition coefficient (Wildman–Crippen LogP) is 3.21. The fraction of sp³-hybridized carbons (Fsp3) is 0.625. The molecular formula is C16H26N2. The zero-order chi connectivity index (χ0) is 13.0. The number of nitrogens with one attached hydrogen (secondary N) is 1. The van der Waals surface area contributed by atoms with Crippen LogP contribution in [-0.4, -0.2) is 25.7 Å². The highest BCUT2D eigenvalue weighted by Crippen LogP contribution is 2.23.